The molecule has 1 spiro atoms. The standard InChI is InChI=1S/C23H24N4O4/c1-2-24-20(29)16-8-5-10-17(13-16)25-19(28)14-27-21(30)23(26-22(27)31)12-6-9-15-7-3-4-11-18(15)23/h3-5,7-8,10-11,13H,2,6,9,12,14H2,1H3,(H,24,29)(H,25,28)(H,26,31)/t23-/m1/s1. The molecule has 2 aromatic carbocycles. The molecule has 1 aliphatic carbocycles. The highest BCUT2D eigenvalue weighted by atomic mass is 16.2. The van der Waals surface area contributed by atoms with Crippen LogP contribution >= 0.6 is 0 Å². The number of carbonyl (C=O) groups is 4. The van der Waals surface area contributed by atoms with E-state index < -0.39 is 29.9 Å². The van der Waals surface area contributed by atoms with Crippen molar-refractivity contribution in [1.29, 1.82) is 0 Å². The van der Waals surface area contributed by atoms with Crippen LogP contribution in [0.25, 0.3) is 0 Å². The van der Waals surface area contributed by atoms with Crippen molar-refractivity contribution in [1.82, 2.24) is 15.5 Å². The molecule has 1 aliphatic heterocycles. The zero-order valence-corrected chi connectivity index (χ0v) is 17.2. The Balaban J connectivity index is 1.49. The Morgan fingerprint density at radius 2 is 1.94 bits per heavy atom. The Morgan fingerprint density at radius 3 is 2.74 bits per heavy atom. The molecular weight excluding hydrogens is 396 g/mol. The van der Waals surface area contributed by atoms with Crippen LogP contribution in [0.1, 0.15) is 41.3 Å². The molecule has 1 saturated heterocycles. The van der Waals surface area contributed by atoms with Crippen molar-refractivity contribution in [2.75, 3.05) is 18.4 Å². The first kappa shape index (κ1) is 20.6. The summed E-state index contributed by atoms with van der Waals surface area (Å²) >= 11 is 0. The molecule has 0 radical (unpaired) electrons. The second kappa shape index (κ2) is 8.22. The average molecular weight is 420 g/mol. The molecule has 0 saturated carbocycles. The molecule has 5 amide bonds. The van der Waals surface area contributed by atoms with Crippen LogP contribution in [0.4, 0.5) is 10.5 Å². The van der Waals surface area contributed by atoms with Crippen LogP contribution in [-0.4, -0.2) is 41.7 Å². The van der Waals surface area contributed by atoms with Crippen molar-refractivity contribution in [2.24, 2.45) is 0 Å². The first-order valence-corrected chi connectivity index (χ1v) is 10.3. The number of hydrogen-bond acceptors (Lipinski definition) is 4. The maximum atomic E-state index is 13.3. The largest absolute Gasteiger partial charge is 0.352 e. The normalized spacial score (nSPS) is 19.7. The first-order valence-electron chi connectivity index (χ1n) is 10.3. The summed E-state index contributed by atoms with van der Waals surface area (Å²) in [7, 11) is 0. The van der Waals surface area contributed by atoms with Crippen LogP contribution in [0.15, 0.2) is 48.5 Å². The smallest absolute Gasteiger partial charge is 0.325 e. The maximum absolute atomic E-state index is 13.3. The maximum Gasteiger partial charge on any atom is 0.325 e. The molecule has 8 nitrogen and oxygen atoms in total. The Hall–Kier alpha value is -3.68. The van der Waals surface area contributed by atoms with E-state index in [4.69, 9.17) is 0 Å². The van der Waals surface area contributed by atoms with Gasteiger partial charge in [0.15, 0.2) is 0 Å². The van der Waals surface area contributed by atoms with E-state index in [9.17, 15) is 19.2 Å². The van der Waals surface area contributed by atoms with Gasteiger partial charge in [-0.2, -0.15) is 0 Å². The van der Waals surface area contributed by atoms with Crippen LogP contribution in [-0.2, 0) is 21.5 Å². The van der Waals surface area contributed by atoms with E-state index in [2.05, 4.69) is 16.0 Å². The van der Waals surface area contributed by atoms with E-state index >= 15 is 0 Å². The van der Waals surface area contributed by atoms with E-state index in [0.717, 1.165) is 28.9 Å². The van der Waals surface area contributed by atoms with E-state index in [1.54, 1.807) is 24.3 Å². The molecule has 1 heterocycles. The highest BCUT2D eigenvalue weighted by Crippen LogP contribution is 2.39. The second-order valence-electron chi connectivity index (χ2n) is 7.73. The fourth-order valence-corrected chi connectivity index (χ4v) is 4.30. The fourth-order valence-electron chi connectivity index (χ4n) is 4.30. The third kappa shape index (κ3) is 3.76. The molecule has 31 heavy (non-hydrogen) atoms. The number of rotatable bonds is 5. The zero-order valence-electron chi connectivity index (χ0n) is 17.2. The summed E-state index contributed by atoms with van der Waals surface area (Å²) in [5.41, 5.74) is 1.56. The number of nitrogens with zero attached hydrogens (tertiary/aromatic N) is 1. The molecular formula is C23H24N4O4. The van der Waals surface area contributed by atoms with Gasteiger partial charge in [-0.15, -0.1) is 0 Å². The van der Waals surface area contributed by atoms with Gasteiger partial charge in [0.1, 0.15) is 12.1 Å². The monoisotopic (exact) mass is 420 g/mol. The molecule has 0 bridgehead atoms. The number of aryl methyl sites for hydroxylation is 1. The Bertz CT molecular complexity index is 1070. The third-order valence-corrected chi connectivity index (χ3v) is 5.70. The number of anilines is 1. The summed E-state index contributed by atoms with van der Waals surface area (Å²) in [5, 5.41) is 8.20. The molecule has 2 aromatic rings. The van der Waals surface area contributed by atoms with Gasteiger partial charge in [-0.3, -0.25) is 19.3 Å². The van der Waals surface area contributed by atoms with Gasteiger partial charge in [-0.25, -0.2) is 4.79 Å². The molecule has 2 aliphatic rings. The van der Waals surface area contributed by atoms with Crippen molar-refractivity contribution >= 4 is 29.4 Å². The van der Waals surface area contributed by atoms with Gasteiger partial charge in [0, 0.05) is 17.8 Å². The Labute approximate surface area is 180 Å². The molecule has 0 unspecified atom stereocenters. The van der Waals surface area contributed by atoms with Gasteiger partial charge in [-0.05, 0) is 55.5 Å². The predicted molar refractivity (Wildman–Crippen MR) is 114 cm³/mol. The minimum absolute atomic E-state index is 0.245. The van der Waals surface area contributed by atoms with Crippen LogP contribution in [0.2, 0.25) is 0 Å². The van der Waals surface area contributed by atoms with Crippen LogP contribution in [0, 0.1) is 0 Å². The van der Waals surface area contributed by atoms with E-state index in [0.29, 0.717) is 24.2 Å². The lowest BCUT2D eigenvalue weighted by molar-refractivity contribution is -0.134. The van der Waals surface area contributed by atoms with Gasteiger partial charge < -0.3 is 16.0 Å². The van der Waals surface area contributed by atoms with E-state index in [-0.39, 0.29) is 5.91 Å². The number of urea groups is 1. The quantitative estimate of drug-likeness (QED) is 0.644. The van der Waals surface area contributed by atoms with Gasteiger partial charge in [0.05, 0.1) is 0 Å². The number of fused-ring (bicyclic) bond motifs is 2. The van der Waals surface area contributed by atoms with Crippen LogP contribution in [0.3, 0.4) is 0 Å². The number of carbonyl (C=O) groups excluding carboxylic acids is 4. The van der Waals surface area contributed by atoms with Gasteiger partial charge in [0.25, 0.3) is 11.8 Å². The summed E-state index contributed by atoms with van der Waals surface area (Å²) in [5.74, 6) is -1.17. The Kier molecular flexibility index (Phi) is 5.46. The lowest BCUT2D eigenvalue weighted by atomic mass is 9.76. The molecule has 3 N–H and O–H groups in total. The van der Waals surface area contributed by atoms with Crippen molar-refractivity contribution in [3.05, 3.63) is 65.2 Å². The van der Waals surface area contributed by atoms with Crippen molar-refractivity contribution < 1.29 is 19.2 Å². The molecule has 160 valence electrons. The predicted octanol–water partition coefficient (Wildman–Crippen LogP) is 2.16. The summed E-state index contributed by atoms with van der Waals surface area (Å²) < 4.78 is 0. The van der Waals surface area contributed by atoms with E-state index in [1.807, 2.05) is 31.2 Å². The van der Waals surface area contributed by atoms with Crippen molar-refractivity contribution in [3.8, 4) is 0 Å². The summed E-state index contributed by atoms with van der Waals surface area (Å²) in [4.78, 5) is 51.5. The lowest BCUT2D eigenvalue weighted by Crippen LogP contribution is -2.47. The number of imide groups is 1. The van der Waals surface area contributed by atoms with Crippen molar-refractivity contribution in [3.63, 3.8) is 0 Å². The van der Waals surface area contributed by atoms with E-state index in [1.165, 1.54) is 0 Å². The van der Waals surface area contributed by atoms with Gasteiger partial charge >= 0.3 is 6.03 Å². The summed E-state index contributed by atoms with van der Waals surface area (Å²) in [6.45, 7) is 1.91. The molecule has 8 heteroatoms. The van der Waals surface area contributed by atoms with Crippen LogP contribution in [0.5, 0.6) is 0 Å². The lowest BCUT2D eigenvalue weighted by Gasteiger charge is -2.33. The second-order valence-corrected chi connectivity index (χ2v) is 7.73. The number of benzene rings is 2. The highest BCUT2D eigenvalue weighted by molar-refractivity contribution is 6.10. The molecule has 1 fully saturated rings. The van der Waals surface area contributed by atoms with Crippen molar-refractivity contribution in [2.45, 2.75) is 31.7 Å². The molecule has 0 aromatic heterocycles. The molecule has 1 atom stereocenters. The minimum atomic E-state index is -1.11. The summed E-state index contributed by atoms with van der Waals surface area (Å²) in [6.07, 6.45) is 2.13. The van der Waals surface area contributed by atoms with Gasteiger partial charge in [-0.1, -0.05) is 30.3 Å². The Morgan fingerprint density at radius 1 is 1.13 bits per heavy atom. The number of hydrogen-bond donors (Lipinski definition) is 3. The SMILES string of the molecule is CCNC(=O)c1cccc(NC(=O)CN2C(=O)N[C@@]3(CCCc4ccccc43)C2=O)c1. The minimum Gasteiger partial charge on any atom is -0.352 e. The van der Waals surface area contributed by atoms with Gasteiger partial charge in [0.2, 0.25) is 5.91 Å². The summed E-state index contributed by atoms with van der Waals surface area (Å²) in [6, 6.07) is 13.5. The first-order chi connectivity index (χ1) is 14.9. The number of amides is 5. The number of nitrogens with one attached hydrogen (secondary N) is 3. The topological polar surface area (TPSA) is 108 Å². The third-order valence-electron chi connectivity index (χ3n) is 5.70. The highest BCUT2D eigenvalue weighted by Gasteiger charge is 2.54. The van der Waals surface area contributed by atoms with Crippen LogP contribution < -0.4 is 16.0 Å². The zero-order chi connectivity index (χ0) is 22.0. The molecule has 4 rings (SSSR count). The average Bonchev–Trinajstić information content (AvgIpc) is 2.99. The fraction of sp³-hybridized carbons (Fsp3) is 0.304.